The number of aliphatic imine (C=N–C) groups is 1. The summed E-state index contributed by atoms with van der Waals surface area (Å²) in [6.45, 7) is 6.32. The highest BCUT2D eigenvalue weighted by Crippen LogP contribution is 2.28. The number of hydrogen-bond acceptors (Lipinski definition) is 2. The monoisotopic (exact) mass is 320 g/mol. The van der Waals surface area contributed by atoms with Gasteiger partial charge in [0.15, 0.2) is 0 Å². The number of carbonyl (C=O) groups is 1. The SMILES string of the molecule is CCC(CC)C1N=C(c2ccccc2)c2cc(C)ccc2NC1=O. The van der Waals surface area contributed by atoms with E-state index in [2.05, 4.69) is 44.3 Å². The van der Waals surface area contributed by atoms with Gasteiger partial charge in [0.2, 0.25) is 5.91 Å². The summed E-state index contributed by atoms with van der Waals surface area (Å²) in [7, 11) is 0. The molecule has 24 heavy (non-hydrogen) atoms. The average Bonchev–Trinajstić information content (AvgIpc) is 2.74. The number of aryl methyl sites for hydroxylation is 1. The van der Waals surface area contributed by atoms with Crippen molar-refractivity contribution in [2.45, 2.75) is 39.7 Å². The standard InChI is InChI=1S/C21H24N2O/c1-4-15(5-2)20-21(24)22-18-12-11-14(3)13-17(18)19(23-20)16-9-7-6-8-10-16/h6-13,15,20H,4-5H2,1-3H3,(H,22,24). The Morgan fingerprint density at radius 1 is 1.08 bits per heavy atom. The van der Waals surface area contributed by atoms with Crippen molar-refractivity contribution in [3.05, 3.63) is 65.2 Å². The molecule has 1 amide bonds. The Morgan fingerprint density at radius 3 is 2.46 bits per heavy atom. The van der Waals surface area contributed by atoms with Gasteiger partial charge in [-0.05, 0) is 25.0 Å². The quantitative estimate of drug-likeness (QED) is 0.879. The van der Waals surface area contributed by atoms with Crippen molar-refractivity contribution >= 4 is 17.3 Å². The van der Waals surface area contributed by atoms with Crippen LogP contribution in [0.25, 0.3) is 0 Å². The normalized spacial score (nSPS) is 17.1. The maximum Gasteiger partial charge on any atom is 0.249 e. The molecule has 0 spiro atoms. The van der Waals surface area contributed by atoms with Crippen LogP contribution in [0.5, 0.6) is 0 Å². The third kappa shape index (κ3) is 3.12. The molecule has 1 unspecified atom stereocenters. The molecule has 0 aliphatic carbocycles. The number of nitrogens with zero attached hydrogens (tertiary/aromatic N) is 1. The summed E-state index contributed by atoms with van der Waals surface area (Å²) in [5.74, 6) is 0.249. The van der Waals surface area contributed by atoms with Gasteiger partial charge < -0.3 is 5.32 Å². The Kier molecular flexibility index (Phi) is 4.79. The van der Waals surface area contributed by atoms with Crippen LogP contribution < -0.4 is 5.32 Å². The lowest BCUT2D eigenvalue weighted by Gasteiger charge is -2.20. The average molecular weight is 320 g/mol. The van der Waals surface area contributed by atoms with Gasteiger partial charge >= 0.3 is 0 Å². The van der Waals surface area contributed by atoms with Crippen LogP contribution in [0.3, 0.4) is 0 Å². The van der Waals surface area contributed by atoms with Gasteiger partial charge in [-0.25, -0.2) is 0 Å². The number of anilines is 1. The fourth-order valence-electron chi connectivity index (χ4n) is 3.32. The predicted molar refractivity (Wildman–Crippen MR) is 99.7 cm³/mol. The van der Waals surface area contributed by atoms with Gasteiger partial charge in [-0.15, -0.1) is 0 Å². The van der Waals surface area contributed by atoms with E-state index in [-0.39, 0.29) is 17.9 Å². The van der Waals surface area contributed by atoms with E-state index in [0.29, 0.717) is 0 Å². The number of amides is 1. The summed E-state index contributed by atoms with van der Waals surface area (Å²) in [6, 6.07) is 15.9. The van der Waals surface area contributed by atoms with Gasteiger partial charge in [0.25, 0.3) is 0 Å². The van der Waals surface area contributed by atoms with Crippen LogP contribution in [0.2, 0.25) is 0 Å². The molecule has 3 nitrogen and oxygen atoms in total. The lowest BCUT2D eigenvalue weighted by atomic mass is 9.93. The summed E-state index contributed by atoms with van der Waals surface area (Å²) < 4.78 is 0. The number of hydrogen-bond donors (Lipinski definition) is 1. The largest absolute Gasteiger partial charge is 0.324 e. The van der Waals surface area contributed by atoms with Crippen LogP contribution in [0.4, 0.5) is 5.69 Å². The Labute approximate surface area is 143 Å². The van der Waals surface area contributed by atoms with Crippen molar-refractivity contribution < 1.29 is 4.79 Å². The molecule has 1 aliphatic heterocycles. The predicted octanol–water partition coefficient (Wildman–Crippen LogP) is 4.59. The molecule has 3 rings (SSSR count). The molecule has 0 aromatic heterocycles. The zero-order valence-corrected chi connectivity index (χ0v) is 14.5. The molecular weight excluding hydrogens is 296 g/mol. The van der Waals surface area contributed by atoms with Gasteiger partial charge in [-0.3, -0.25) is 9.79 Å². The van der Waals surface area contributed by atoms with E-state index in [1.54, 1.807) is 0 Å². The second-order valence-electron chi connectivity index (χ2n) is 6.40. The number of rotatable bonds is 4. The highest BCUT2D eigenvalue weighted by atomic mass is 16.2. The molecule has 1 N–H and O–H groups in total. The van der Waals surface area contributed by atoms with Crippen molar-refractivity contribution in [1.29, 1.82) is 0 Å². The van der Waals surface area contributed by atoms with Crippen molar-refractivity contribution in [2.24, 2.45) is 10.9 Å². The first-order valence-corrected chi connectivity index (χ1v) is 8.69. The molecule has 0 fully saturated rings. The first-order chi connectivity index (χ1) is 11.6. The first kappa shape index (κ1) is 16.4. The van der Waals surface area contributed by atoms with Crippen LogP contribution in [-0.4, -0.2) is 17.7 Å². The molecular formula is C21H24N2O. The maximum atomic E-state index is 12.8. The zero-order valence-electron chi connectivity index (χ0n) is 14.5. The summed E-state index contributed by atoms with van der Waals surface area (Å²) >= 11 is 0. The van der Waals surface area contributed by atoms with Crippen molar-refractivity contribution in [1.82, 2.24) is 0 Å². The molecule has 2 aromatic rings. The smallest absolute Gasteiger partial charge is 0.249 e. The van der Waals surface area contributed by atoms with E-state index < -0.39 is 0 Å². The van der Waals surface area contributed by atoms with Crippen LogP contribution in [0, 0.1) is 12.8 Å². The third-order valence-electron chi connectivity index (χ3n) is 4.77. The second kappa shape index (κ2) is 7.00. The van der Waals surface area contributed by atoms with Crippen LogP contribution in [-0.2, 0) is 4.79 Å². The third-order valence-corrected chi connectivity index (χ3v) is 4.77. The summed E-state index contributed by atoms with van der Waals surface area (Å²) in [6.07, 6.45) is 1.88. The minimum atomic E-state index is -0.345. The van der Waals surface area contributed by atoms with E-state index in [1.807, 2.05) is 30.3 Å². The Morgan fingerprint density at radius 2 is 1.79 bits per heavy atom. The highest BCUT2D eigenvalue weighted by molar-refractivity contribution is 6.19. The molecule has 1 heterocycles. The molecule has 3 heteroatoms. The van der Waals surface area contributed by atoms with Crippen LogP contribution in [0.1, 0.15) is 43.4 Å². The number of carbonyl (C=O) groups excluding carboxylic acids is 1. The molecule has 2 aromatic carbocycles. The zero-order chi connectivity index (χ0) is 17.1. The number of fused-ring (bicyclic) bond motifs is 1. The van der Waals surface area contributed by atoms with E-state index in [9.17, 15) is 4.79 Å². The van der Waals surface area contributed by atoms with Gasteiger partial charge in [0, 0.05) is 11.1 Å². The van der Waals surface area contributed by atoms with E-state index in [1.165, 1.54) is 0 Å². The van der Waals surface area contributed by atoms with Crippen molar-refractivity contribution in [2.75, 3.05) is 5.32 Å². The van der Waals surface area contributed by atoms with Gasteiger partial charge in [0.1, 0.15) is 6.04 Å². The molecule has 0 radical (unpaired) electrons. The molecule has 1 atom stereocenters. The maximum absolute atomic E-state index is 12.8. The second-order valence-corrected chi connectivity index (χ2v) is 6.40. The lowest BCUT2D eigenvalue weighted by Crippen LogP contribution is -2.32. The molecule has 1 aliphatic rings. The number of benzodiazepines with no additional fused rings is 1. The van der Waals surface area contributed by atoms with Gasteiger partial charge in [-0.2, -0.15) is 0 Å². The van der Waals surface area contributed by atoms with Crippen molar-refractivity contribution in [3.8, 4) is 0 Å². The summed E-state index contributed by atoms with van der Waals surface area (Å²) in [5, 5.41) is 3.10. The van der Waals surface area contributed by atoms with Gasteiger partial charge in [0.05, 0.1) is 11.4 Å². The number of benzene rings is 2. The molecule has 0 saturated heterocycles. The summed E-state index contributed by atoms with van der Waals surface area (Å²) in [4.78, 5) is 17.7. The fourth-order valence-corrected chi connectivity index (χ4v) is 3.32. The molecule has 124 valence electrons. The van der Waals surface area contributed by atoms with Gasteiger partial charge in [-0.1, -0.05) is 68.7 Å². The van der Waals surface area contributed by atoms with Crippen molar-refractivity contribution in [3.63, 3.8) is 0 Å². The van der Waals surface area contributed by atoms with Crippen LogP contribution >= 0.6 is 0 Å². The minimum absolute atomic E-state index is 0.000246. The topological polar surface area (TPSA) is 41.5 Å². The molecule has 0 bridgehead atoms. The van der Waals surface area contributed by atoms with E-state index in [0.717, 1.165) is 40.9 Å². The highest BCUT2D eigenvalue weighted by Gasteiger charge is 2.30. The number of nitrogens with one attached hydrogen (secondary N) is 1. The van der Waals surface area contributed by atoms with E-state index in [4.69, 9.17) is 4.99 Å². The Bertz CT molecular complexity index is 761. The minimum Gasteiger partial charge on any atom is -0.324 e. The molecule has 0 saturated carbocycles. The van der Waals surface area contributed by atoms with E-state index >= 15 is 0 Å². The summed E-state index contributed by atoms with van der Waals surface area (Å²) in [5.41, 5.74) is 4.97. The Hall–Kier alpha value is -2.42. The van der Waals surface area contributed by atoms with Crippen LogP contribution in [0.15, 0.2) is 53.5 Å². The fraction of sp³-hybridized carbons (Fsp3) is 0.333. The Balaban J connectivity index is 2.20. The lowest BCUT2D eigenvalue weighted by molar-refractivity contribution is -0.118. The first-order valence-electron chi connectivity index (χ1n) is 8.69.